The van der Waals surface area contributed by atoms with Gasteiger partial charge in [0.05, 0.1) is 5.69 Å². The molecule has 4 N–H and O–H groups in total. The predicted molar refractivity (Wildman–Crippen MR) is 61.2 cm³/mol. The molecule has 1 amide bonds. The highest BCUT2D eigenvalue weighted by Gasteiger charge is 2.24. The number of carbonyl (C=O) groups is 1. The van der Waals surface area contributed by atoms with Crippen LogP contribution >= 0.6 is 0 Å². The zero-order chi connectivity index (χ0) is 11.5. The van der Waals surface area contributed by atoms with Gasteiger partial charge in [0, 0.05) is 19.6 Å². The van der Waals surface area contributed by atoms with Crippen molar-refractivity contribution in [3.8, 4) is 5.75 Å². The van der Waals surface area contributed by atoms with E-state index in [1.54, 1.807) is 4.90 Å². The maximum atomic E-state index is 11.7. The topological polar surface area (TPSA) is 81.6 Å². The molecule has 0 saturated heterocycles. The average Bonchev–Trinajstić information content (AvgIpc) is 2.32. The van der Waals surface area contributed by atoms with Crippen molar-refractivity contribution in [2.24, 2.45) is 11.5 Å². The van der Waals surface area contributed by atoms with E-state index < -0.39 is 0 Å². The molecule has 0 aromatic heterocycles. The Bertz CT molecular complexity index is 406. The minimum absolute atomic E-state index is 0.0629. The third-order valence-corrected chi connectivity index (χ3v) is 2.55. The Labute approximate surface area is 94.0 Å². The summed E-state index contributed by atoms with van der Waals surface area (Å²) >= 11 is 0. The molecule has 0 saturated carbocycles. The zero-order valence-corrected chi connectivity index (χ0v) is 8.98. The number of amides is 1. The van der Waals surface area contributed by atoms with E-state index in [0.29, 0.717) is 25.4 Å². The maximum Gasteiger partial charge on any atom is 0.265 e. The van der Waals surface area contributed by atoms with E-state index in [1.165, 1.54) is 0 Å². The summed E-state index contributed by atoms with van der Waals surface area (Å²) in [5.74, 6) is 0.650. The Morgan fingerprint density at radius 1 is 1.38 bits per heavy atom. The number of hydrogen-bond acceptors (Lipinski definition) is 4. The molecule has 1 aliphatic rings. The molecule has 0 aliphatic carbocycles. The lowest BCUT2D eigenvalue weighted by Gasteiger charge is -2.29. The first-order valence-corrected chi connectivity index (χ1v) is 5.22. The van der Waals surface area contributed by atoms with E-state index >= 15 is 0 Å². The first kappa shape index (κ1) is 10.9. The molecular weight excluding hydrogens is 206 g/mol. The SMILES string of the molecule is NCCN1C(=O)COc2ccc(CN)cc21. The summed E-state index contributed by atoms with van der Waals surface area (Å²) in [6.45, 7) is 1.45. The van der Waals surface area contributed by atoms with Gasteiger partial charge in [-0.1, -0.05) is 6.07 Å². The van der Waals surface area contributed by atoms with Crippen molar-refractivity contribution in [2.75, 3.05) is 24.6 Å². The van der Waals surface area contributed by atoms with Crippen molar-refractivity contribution in [3.05, 3.63) is 23.8 Å². The predicted octanol–water partition coefficient (Wildman–Crippen LogP) is -0.171. The van der Waals surface area contributed by atoms with Gasteiger partial charge in [0.25, 0.3) is 5.91 Å². The molecule has 5 nitrogen and oxygen atoms in total. The van der Waals surface area contributed by atoms with Crippen LogP contribution in [0, 0.1) is 0 Å². The Kier molecular flexibility index (Phi) is 3.07. The zero-order valence-electron chi connectivity index (χ0n) is 8.98. The molecule has 5 heteroatoms. The van der Waals surface area contributed by atoms with Crippen molar-refractivity contribution in [1.29, 1.82) is 0 Å². The quantitative estimate of drug-likeness (QED) is 0.742. The van der Waals surface area contributed by atoms with Gasteiger partial charge < -0.3 is 21.1 Å². The van der Waals surface area contributed by atoms with E-state index in [1.807, 2.05) is 18.2 Å². The Morgan fingerprint density at radius 2 is 2.19 bits per heavy atom. The largest absolute Gasteiger partial charge is 0.482 e. The number of carbonyl (C=O) groups excluding carboxylic acids is 1. The van der Waals surface area contributed by atoms with Crippen LogP contribution in [0.1, 0.15) is 5.56 Å². The Hall–Kier alpha value is -1.59. The van der Waals surface area contributed by atoms with Crippen LogP contribution < -0.4 is 21.1 Å². The van der Waals surface area contributed by atoms with Crippen LogP contribution in [0.15, 0.2) is 18.2 Å². The molecule has 0 unspecified atom stereocenters. The molecule has 0 fully saturated rings. The summed E-state index contributed by atoms with van der Waals surface area (Å²) in [5.41, 5.74) is 12.8. The second-order valence-electron chi connectivity index (χ2n) is 3.63. The van der Waals surface area contributed by atoms with Gasteiger partial charge in [-0.2, -0.15) is 0 Å². The molecule has 0 spiro atoms. The van der Waals surface area contributed by atoms with Crippen LogP contribution in [0.3, 0.4) is 0 Å². The minimum Gasteiger partial charge on any atom is -0.482 e. The van der Waals surface area contributed by atoms with Crippen LogP contribution in [0.4, 0.5) is 5.69 Å². The summed E-state index contributed by atoms with van der Waals surface area (Å²) in [6, 6.07) is 5.62. The van der Waals surface area contributed by atoms with Crippen LogP contribution in [0.2, 0.25) is 0 Å². The number of nitrogens with zero attached hydrogens (tertiary/aromatic N) is 1. The summed E-state index contributed by atoms with van der Waals surface area (Å²) in [4.78, 5) is 13.3. The van der Waals surface area contributed by atoms with Crippen molar-refractivity contribution in [2.45, 2.75) is 6.54 Å². The molecule has 16 heavy (non-hydrogen) atoms. The normalized spacial score (nSPS) is 14.6. The summed E-state index contributed by atoms with van der Waals surface area (Å²) in [6.07, 6.45) is 0. The number of nitrogens with two attached hydrogens (primary N) is 2. The van der Waals surface area contributed by atoms with Crippen molar-refractivity contribution >= 4 is 11.6 Å². The number of ether oxygens (including phenoxy) is 1. The van der Waals surface area contributed by atoms with E-state index in [-0.39, 0.29) is 12.5 Å². The van der Waals surface area contributed by atoms with Gasteiger partial charge in [0.2, 0.25) is 0 Å². The van der Waals surface area contributed by atoms with Crippen molar-refractivity contribution in [3.63, 3.8) is 0 Å². The second-order valence-corrected chi connectivity index (χ2v) is 3.63. The number of fused-ring (bicyclic) bond motifs is 1. The molecule has 0 atom stereocenters. The first-order chi connectivity index (χ1) is 7.76. The molecule has 1 aromatic rings. The summed E-state index contributed by atoms with van der Waals surface area (Å²) in [5, 5.41) is 0. The van der Waals surface area contributed by atoms with Gasteiger partial charge in [-0.3, -0.25) is 4.79 Å². The van der Waals surface area contributed by atoms with Crippen molar-refractivity contribution < 1.29 is 9.53 Å². The number of hydrogen-bond donors (Lipinski definition) is 2. The minimum atomic E-state index is -0.0629. The summed E-state index contributed by atoms with van der Waals surface area (Å²) in [7, 11) is 0. The average molecular weight is 221 g/mol. The van der Waals surface area contributed by atoms with Gasteiger partial charge >= 0.3 is 0 Å². The van der Waals surface area contributed by atoms with Crippen molar-refractivity contribution in [1.82, 2.24) is 0 Å². The highest BCUT2D eigenvalue weighted by molar-refractivity contribution is 5.97. The fraction of sp³-hybridized carbons (Fsp3) is 0.364. The Balaban J connectivity index is 2.39. The maximum absolute atomic E-state index is 11.7. The van der Waals surface area contributed by atoms with Gasteiger partial charge in [-0.05, 0) is 17.7 Å². The number of rotatable bonds is 3. The summed E-state index contributed by atoms with van der Waals surface area (Å²) < 4.78 is 5.34. The molecular formula is C11H15N3O2. The fourth-order valence-corrected chi connectivity index (χ4v) is 1.75. The fourth-order valence-electron chi connectivity index (χ4n) is 1.75. The smallest absolute Gasteiger partial charge is 0.265 e. The standard InChI is InChI=1S/C11H15N3O2/c12-3-4-14-9-5-8(6-13)1-2-10(9)16-7-11(14)15/h1-2,5H,3-4,6-7,12-13H2. The first-order valence-electron chi connectivity index (χ1n) is 5.22. The van der Waals surface area contributed by atoms with E-state index in [4.69, 9.17) is 16.2 Å². The Morgan fingerprint density at radius 3 is 2.88 bits per heavy atom. The van der Waals surface area contributed by atoms with Crippen LogP contribution in [-0.2, 0) is 11.3 Å². The molecule has 1 aromatic carbocycles. The van der Waals surface area contributed by atoms with Crippen LogP contribution in [-0.4, -0.2) is 25.6 Å². The molecule has 2 rings (SSSR count). The third kappa shape index (κ3) is 1.87. The van der Waals surface area contributed by atoms with E-state index in [9.17, 15) is 4.79 Å². The highest BCUT2D eigenvalue weighted by Crippen LogP contribution is 2.32. The molecule has 0 radical (unpaired) electrons. The van der Waals surface area contributed by atoms with Gasteiger partial charge in [-0.15, -0.1) is 0 Å². The monoisotopic (exact) mass is 221 g/mol. The van der Waals surface area contributed by atoms with E-state index in [0.717, 1.165) is 11.3 Å². The molecule has 0 bridgehead atoms. The van der Waals surface area contributed by atoms with Crippen LogP contribution in [0.25, 0.3) is 0 Å². The van der Waals surface area contributed by atoms with Gasteiger partial charge in [0.15, 0.2) is 6.61 Å². The second kappa shape index (κ2) is 4.51. The highest BCUT2D eigenvalue weighted by atomic mass is 16.5. The molecule has 1 heterocycles. The number of benzene rings is 1. The van der Waals surface area contributed by atoms with E-state index in [2.05, 4.69) is 0 Å². The lowest BCUT2D eigenvalue weighted by atomic mass is 10.1. The van der Waals surface area contributed by atoms with Crippen LogP contribution in [0.5, 0.6) is 5.75 Å². The molecule has 86 valence electrons. The lowest BCUT2D eigenvalue weighted by Crippen LogP contribution is -2.41. The molecule has 1 aliphatic heterocycles. The van der Waals surface area contributed by atoms with Gasteiger partial charge in [-0.25, -0.2) is 0 Å². The lowest BCUT2D eigenvalue weighted by molar-refractivity contribution is -0.121. The number of anilines is 1. The van der Waals surface area contributed by atoms with Gasteiger partial charge in [0.1, 0.15) is 5.75 Å². The third-order valence-electron chi connectivity index (χ3n) is 2.55.